The van der Waals surface area contributed by atoms with Gasteiger partial charge in [-0.15, -0.1) is 0 Å². The number of rotatable bonds is 6. The van der Waals surface area contributed by atoms with Crippen molar-refractivity contribution < 1.29 is 17.9 Å². The average molecular weight is 240 g/mol. The Morgan fingerprint density at radius 2 is 2.12 bits per heavy atom. The van der Waals surface area contributed by atoms with Crippen molar-refractivity contribution >= 4 is 0 Å². The fourth-order valence-electron chi connectivity index (χ4n) is 2.01. The summed E-state index contributed by atoms with van der Waals surface area (Å²) in [5.41, 5.74) is 5.59. The second-order valence-electron chi connectivity index (χ2n) is 4.09. The van der Waals surface area contributed by atoms with E-state index < -0.39 is 12.8 Å². The van der Waals surface area contributed by atoms with Crippen LogP contribution in [0.5, 0.6) is 0 Å². The summed E-state index contributed by atoms with van der Waals surface area (Å²) in [7, 11) is 0. The van der Waals surface area contributed by atoms with Crippen molar-refractivity contribution in [3.8, 4) is 0 Å². The molecule has 1 saturated heterocycles. The molecular formula is C10H19F3N2O. The molecule has 2 N–H and O–H groups in total. The zero-order valence-electron chi connectivity index (χ0n) is 9.30. The van der Waals surface area contributed by atoms with E-state index in [2.05, 4.69) is 9.64 Å². The molecule has 1 atom stereocenters. The van der Waals surface area contributed by atoms with Gasteiger partial charge in [-0.3, -0.25) is 4.90 Å². The standard InChI is InChI=1S/C10H19F3N2O/c11-10(12,13)8-16-6-2-5-15-4-1-3-9(15)7-14/h9H,1-8,14H2. The van der Waals surface area contributed by atoms with E-state index in [1.807, 2.05) is 0 Å². The molecule has 1 aliphatic heterocycles. The molecule has 1 unspecified atom stereocenters. The van der Waals surface area contributed by atoms with E-state index in [9.17, 15) is 13.2 Å². The molecule has 1 fully saturated rings. The number of hydrogen-bond acceptors (Lipinski definition) is 3. The molecule has 0 amide bonds. The van der Waals surface area contributed by atoms with Crippen molar-refractivity contribution in [3.63, 3.8) is 0 Å². The van der Waals surface area contributed by atoms with Crippen molar-refractivity contribution in [2.75, 3.05) is 32.8 Å². The quantitative estimate of drug-likeness (QED) is 0.713. The van der Waals surface area contributed by atoms with Gasteiger partial charge in [0.1, 0.15) is 6.61 Å². The Balaban J connectivity index is 2.03. The highest BCUT2D eigenvalue weighted by atomic mass is 19.4. The zero-order chi connectivity index (χ0) is 12.0. The van der Waals surface area contributed by atoms with Gasteiger partial charge >= 0.3 is 6.18 Å². The van der Waals surface area contributed by atoms with Crippen LogP contribution in [-0.2, 0) is 4.74 Å². The van der Waals surface area contributed by atoms with Crippen LogP contribution >= 0.6 is 0 Å². The van der Waals surface area contributed by atoms with Crippen LogP contribution < -0.4 is 5.73 Å². The Labute approximate surface area is 93.7 Å². The summed E-state index contributed by atoms with van der Waals surface area (Å²) in [5, 5.41) is 0. The summed E-state index contributed by atoms with van der Waals surface area (Å²) in [6, 6.07) is 0.405. The van der Waals surface area contributed by atoms with Gasteiger partial charge in [-0.05, 0) is 25.8 Å². The molecule has 0 aliphatic carbocycles. The molecule has 96 valence electrons. The third-order valence-corrected chi connectivity index (χ3v) is 2.77. The van der Waals surface area contributed by atoms with Gasteiger partial charge in [0.05, 0.1) is 0 Å². The first-order chi connectivity index (χ1) is 7.53. The maximum Gasteiger partial charge on any atom is 0.411 e. The van der Waals surface area contributed by atoms with Crippen molar-refractivity contribution in [2.24, 2.45) is 5.73 Å². The van der Waals surface area contributed by atoms with Crippen molar-refractivity contribution in [3.05, 3.63) is 0 Å². The molecule has 6 heteroatoms. The van der Waals surface area contributed by atoms with Crippen LogP contribution in [-0.4, -0.2) is 50.0 Å². The molecule has 0 aromatic carbocycles. The predicted molar refractivity (Wildman–Crippen MR) is 55.1 cm³/mol. The molecule has 1 aliphatic rings. The molecule has 0 spiro atoms. The highest BCUT2D eigenvalue weighted by Gasteiger charge is 2.27. The molecule has 0 aromatic rings. The lowest BCUT2D eigenvalue weighted by molar-refractivity contribution is -0.174. The lowest BCUT2D eigenvalue weighted by Gasteiger charge is -2.22. The lowest BCUT2D eigenvalue weighted by Crippen LogP contribution is -2.36. The Morgan fingerprint density at radius 3 is 2.75 bits per heavy atom. The lowest BCUT2D eigenvalue weighted by atomic mass is 10.2. The normalized spacial score (nSPS) is 22.9. The van der Waals surface area contributed by atoms with Gasteiger partial charge in [0, 0.05) is 25.7 Å². The summed E-state index contributed by atoms with van der Waals surface area (Å²) >= 11 is 0. The molecule has 0 radical (unpaired) electrons. The number of nitrogens with two attached hydrogens (primary N) is 1. The largest absolute Gasteiger partial charge is 0.411 e. The average Bonchev–Trinajstić information content (AvgIpc) is 2.63. The van der Waals surface area contributed by atoms with Gasteiger partial charge in [-0.25, -0.2) is 0 Å². The number of hydrogen-bond donors (Lipinski definition) is 1. The van der Waals surface area contributed by atoms with Crippen LogP contribution in [0.15, 0.2) is 0 Å². The first-order valence-electron chi connectivity index (χ1n) is 5.61. The fourth-order valence-corrected chi connectivity index (χ4v) is 2.01. The van der Waals surface area contributed by atoms with Crippen molar-refractivity contribution in [2.45, 2.75) is 31.5 Å². The number of halogens is 3. The third-order valence-electron chi connectivity index (χ3n) is 2.77. The molecular weight excluding hydrogens is 221 g/mol. The summed E-state index contributed by atoms with van der Waals surface area (Å²) < 4.78 is 39.8. The summed E-state index contributed by atoms with van der Waals surface area (Å²) in [6.07, 6.45) is -1.36. The van der Waals surface area contributed by atoms with Gasteiger partial charge in [0.25, 0.3) is 0 Å². The molecule has 0 saturated carbocycles. The van der Waals surface area contributed by atoms with E-state index in [1.165, 1.54) is 0 Å². The highest BCUT2D eigenvalue weighted by molar-refractivity contribution is 4.79. The van der Waals surface area contributed by atoms with Crippen LogP contribution in [0.4, 0.5) is 13.2 Å². The van der Waals surface area contributed by atoms with Crippen LogP contribution in [0.1, 0.15) is 19.3 Å². The SMILES string of the molecule is NCC1CCCN1CCCOCC(F)(F)F. The topological polar surface area (TPSA) is 38.5 Å². The monoisotopic (exact) mass is 240 g/mol. The van der Waals surface area contributed by atoms with E-state index in [1.54, 1.807) is 0 Å². The van der Waals surface area contributed by atoms with Gasteiger partial charge < -0.3 is 10.5 Å². The predicted octanol–water partition coefficient (Wildman–Crippen LogP) is 1.38. The Hall–Kier alpha value is -0.330. The number of likely N-dealkylation sites (tertiary alicyclic amines) is 1. The molecule has 1 rings (SSSR count). The number of alkyl halides is 3. The second-order valence-corrected chi connectivity index (χ2v) is 4.09. The molecule has 16 heavy (non-hydrogen) atoms. The minimum absolute atomic E-state index is 0.160. The minimum Gasteiger partial charge on any atom is -0.372 e. The second kappa shape index (κ2) is 6.42. The first kappa shape index (κ1) is 13.7. The molecule has 0 aromatic heterocycles. The van der Waals surface area contributed by atoms with Gasteiger partial charge in [0.2, 0.25) is 0 Å². The maximum absolute atomic E-state index is 11.7. The highest BCUT2D eigenvalue weighted by Crippen LogP contribution is 2.17. The van der Waals surface area contributed by atoms with E-state index in [0.29, 0.717) is 19.0 Å². The minimum atomic E-state index is -4.21. The smallest absolute Gasteiger partial charge is 0.372 e. The van der Waals surface area contributed by atoms with E-state index in [0.717, 1.165) is 25.9 Å². The third kappa shape index (κ3) is 5.14. The first-order valence-corrected chi connectivity index (χ1v) is 5.61. The van der Waals surface area contributed by atoms with Crippen molar-refractivity contribution in [1.82, 2.24) is 4.90 Å². The Morgan fingerprint density at radius 1 is 1.38 bits per heavy atom. The Kier molecular flexibility index (Phi) is 5.51. The summed E-state index contributed by atoms with van der Waals surface area (Å²) in [5.74, 6) is 0. The van der Waals surface area contributed by atoms with Gasteiger partial charge in [-0.1, -0.05) is 0 Å². The molecule has 3 nitrogen and oxygen atoms in total. The van der Waals surface area contributed by atoms with Gasteiger partial charge in [0.15, 0.2) is 0 Å². The summed E-state index contributed by atoms with van der Waals surface area (Å²) in [6.45, 7) is 1.42. The van der Waals surface area contributed by atoms with E-state index in [-0.39, 0.29) is 6.61 Å². The van der Waals surface area contributed by atoms with E-state index >= 15 is 0 Å². The summed E-state index contributed by atoms with van der Waals surface area (Å²) in [4.78, 5) is 2.23. The molecule has 1 heterocycles. The van der Waals surface area contributed by atoms with Crippen LogP contribution in [0, 0.1) is 0 Å². The van der Waals surface area contributed by atoms with Gasteiger partial charge in [-0.2, -0.15) is 13.2 Å². The maximum atomic E-state index is 11.7. The van der Waals surface area contributed by atoms with Crippen LogP contribution in [0.2, 0.25) is 0 Å². The number of nitrogens with zero attached hydrogens (tertiary/aromatic N) is 1. The van der Waals surface area contributed by atoms with Crippen LogP contribution in [0.3, 0.4) is 0 Å². The van der Waals surface area contributed by atoms with E-state index in [4.69, 9.17) is 5.73 Å². The Bertz CT molecular complexity index is 199. The van der Waals surface area contributed by atoms with Crippen molar-refractivity contribution in [1.29, 1.82) is 0 Å². The fraction of sp³-hybridized carbons (Fsp3) is 1.00. The molecule has 0 bridgehead atoms. The number of ether oxygens (including phenoxy) is 1. The van der Waals surface area contributed by atoms with Crippen LogP contribution in [0.25, 0.3) is 0 Å². The zero-order valence-corrected chi connectivity index (χ0v) is 9.30.